The third-order valence-electron chi connectivity index (χ3n) is 4.95. The highest BCUT2D eigenvalue weighted by atomic mass is 16.5. The van der Waals surface area contributed by atoms with Crippen molar-refractivity contribution in [1.82, 2.24) is 20.1 Å². The fraction of sp³-hybridized carbons (Fsp3) is 0.667. The Bertz CT molecular complexity index is 556. The second-order valence-electron chi connectivity index (χ2n) is 6.68. The average Bonchev–Trinajstić information content (AvgIpc) is 3.06. The largest absolute Gasteiger partial charge is 0.379 e. The molecule has 0 saturated carbocycles. The lowest BCUT2D eigenvalue weighted by Gasteiger charge is -2.29. The maximum atomic E-state index is 5.44. The average molecular weight is 331 g/mol. The number of aromatic nitrogens is 1. The van der Waals surface area contributed by atoms with Gasteiger partial charge in [0.1, 0.15) is 0 Å². The van der Waals surface area contributed by atoms with Crippen molar-refractivity contribution >= 4 is 5.96 Å². The minimum atomic E-state index is 0.721. The van der Waals surface area contributed by atoms with Crippen LogP contribution >= 0.6 is 0 Å². The molecular weight excluding hydrogens is 302 g/mol. The summed E-state index contributed by atoms with van der Waals surface area (Å²) in [5, 5.41) is 3.47. The predicted molar refractivity (Wildman–Crippen MR) is 96.1 cm³/mol. The summed E-state index contributed by atoms with van der Waals surface area (Å²) in [5.74, 6) is 1.71. The maximum absolute atomic E-state index is 5.44. The first-order valence-electron chi connectivity index (χ1n) is 8.92. The van der Waals surface area contributed by atoms with Crippen molar-refractivity contribution in [3.8, 4) is 0 Å². The molecule has 1 N–H and O–H groups in total. The van der Waals surface area contributed by atoms with Crippen molar-refractivity contribution in [2.75, 3.05) is 53.0 Å². The molecule has 0 radical (unpaired) electrons. The van der Waals surface area contributed by atoms with E-state index in [-0.39, 0.29) is 0 Å². The summed E-state index contributed by atoms with van der Waals surface area (Å²) >= 11 is 0. The molecule has 3 heterocycles. The molecule has 1 aromatic rings. The molecule has 2 fully saturated rings. The number of nitrogens with one attached hydrogen (secondary N) is 1. The number of morpholine rings is 1. The van der Waals surface area contributed by atoms with Gasteiger partial charge in [0.25, 0.3) is 0 Å². The number of guanidine groups is 1. The molecule has 0 aromatic carbocycles. The second-order valence-corrected chi connectivity index (χ2v) is 6.68. The van der Waals surface area contributed by atoms with Gasteiger partial charge in [0.2, 0.25) is 0 Å². The van der Waals surface area contributed by atoms with Crippen LogP contribution in [-0.2, 0) is 11.3 Å². The van der Waals surface area contributed by atoms with E-state index in [2.05, 4.69) is 38.1 Å². The van der Waals surface area contributed by atoms with E-state index in [9.17, 15) is 0 Å². The van der Waals surface area contributed by atoms with Gasteiger partial charge in [-0.05, 0) is 30.9 Å². The lowest BCUT2D eigenvalue weighted by Crippen LogP contribution is -2.42. The van der Waals surface area contributed by atoms with Crippen LogP contribution in [0.4, 0.5) is 0 Å². The van der Waals surface area contributed by atoms with E-state index in [4.69, 9.17) is 4.74 Å². The molecule has 2 saturated heterocycles. The van der Waals surface area contributed by atoms with Gasteiger partial charge in [-0.1, -0.05) is 6.07 Å². The number of ether oxygens (including phenoxy) is 1. The van der Waals surface area contributed by atoms with Crippen LogP contribution in [0.25, 0.3) is 0 Å². The van der Waals surface area contributed by atoms with Gasteiger partial charge in [-0.25, -0.2) is 0 Å². The Kier molecular flexibility index (Phi) is 6.04. The van der Waals surface area contributed by atoms with Crippen LogP contribution in [0.1, 0.15) is 17.7 Å². The summed E-state index contributed by atoms with van der Waals surface area (Å²) in [6.07, 6.45) is 3.08. The summed E-state index contributed by atoms with van der Waals surface area (Å²) in [4.78, 5) is 13.8. The zero-order valence-electron chi connectivity index (χ0n) is 14.9. The first kappa shape index (κ1) is 17.2. The Hall–Kier alpha value is -1.66. The molecule has 3 rings (SSSR count). The quantitative estimate of drug-likeness (QED) is 0.662. The number of likely N-dealkylation sites (tertiary alicyclic amines) is 1. The molecule has 6 nitrogen and oxygen atoms in total. The zero-order valence-corrected chi connectivity index (χ0v) is 14.9. The molecule has 24 heavy (non-hydrogen) atoms. The fourth-order valence-corrected chi connectivity index (χ4v) is 3.52. The van der Waals surface area contributed by atoms with Gasteiger partial charge in [-0.15, -0.1) is 0 Å². The van der Waals surface area contributed by atoms with Crippen LogP contribution in [-0.4, -0.2) is 73.7 Å². The van der Waals surface area contributed by atoms with Crippen LogP contribution in [0, 0.1) is 12.8 Å². The maximum Gasteiger partial charge on any atom is 0.193 e. The standard InChI is InChI=1S/C18H29N5O/c1-15-4-3-6-20-17(15)12-21-18(19-2)23-7-5-16(14-23)13-22-8-10-24-11-9-22/h3-4,6,16H,5,7-14H2,1-2H3,(H,19,21). The first-order chi connectivity index (χ1) is 11.8. The zero-order chi connectivity index (χ0) is 16.8. The molecule has 1 unspecified atom stereocenters. The monoisotopic (exact) mass is 331 g/mol. The first-order valence-corrected chi connectivity index (χ1v) is 8.92. The number of hydrogen-bond donors (Lipinski definition) is 1. The predicted octanol–water partition coefficient (Wildman–Crippen LogP) is 1.12. The number of pyridine rings is 1. The topological polar surface area (TPSA) is 53.0 Å². The number of aliphatic imine (C=N–C) groups is 1. The molecule has 1 aromatic heterocycles. The van der Waals surface area contributed by atoms with Crippen LogP contribution in [0.2, 0.25) is 0 Å². The molecular formula is C18H29N5O. The highest BCUT2D eigenvalue weighted by Gasteiger charge is 2.27. The molecule has 0 amide bonds. The van der Waals surface area contributed by atoms with Crippen molar-refractivity contribution < 1.29 is 4.74 Å². The number of nitrogens with zero attached hydrogens (tertiary/aromatic N) is 4. The van der Waals surface area contributed by atoms with E-state index in [1.54, 1.807) is 0 Å². The number of aryl methyl sites for hydroxylation is 1. The summed E-state index contributed by atoms with van der Waals surface area (Å²) in [7, 11) is 1.86. The number of rotatable bonds is 4. The fourth-order valence-electron chi connectivity index (χ4n) is 3.52. The Morgan fingerprint density at radius 1 is 1.38 bits per heavy atom. The smallest absolute Gasteiger partial charge is 0.193 e. The van der Waals surface area contributed by atoms with Crippen LogP contribution in [0.5, 0.6) is 0 Å². The van der Waals surface area contributed by atoms with Crippen LogP contribution in [0.3, 0.4) is 0 Å². The van der Waals surface area contributed by atoms with Crippen molar-refractivity contribution in [3.63, 3.8) is 0 Å². The van der Waals surface area contributed by atoms with Crippen LogP contribution < -0.4 is 5.32 Å². The van der Waals surface area contributed by atoms with Crippen molar-refractivity contribution in [2.24, 2.45) is 10.9 Å². The third-order valence-corrected chi connectivity index (χ3v) is 4.95. The Labute approximate surface area is 144 Å². The van der Waals surface area contributed by atoms with Gasteiger partial charge >= 0.3 is 0 Å². The SMILES string of the molecule is CN=C(NCc1ncccc1C)N1CCC(CN2CCOCC2)C1. The minimum Gasteiger partial charge on any atom is -0.379 e. The molecule has 0 bridgehead atoms. The molecule has 2 aliphatic rings. The van der Waals surface area contributed by atoms with Gasteiger partial charge in [-0.2, -0.15) is 0 Å². The summed E-state index contributed by atoms with van der Waals surface area (Å²) in [5.41, 5.74) is 2.30. The normalized spacial score (nSPS) is 22.8. The van der Waals surface area contributed by atoms with Crippen molar-refractivity contribution in [1.29, 1.82) is 0 Å². The van der Waals surface area contributed by atoms with Gasteiger partial charge in [0.05, 0.1) is 25.5 Å². The molecule has 2 aliphatic heterocycles. The van der Waals surface area contributed by atoms with Crippen molar-refractivity contribution in [3.05, 3.63) is 29.6 Å². The van der Waals surface area contributed by atoms with E-state index in [1.165, 1.54) is 18.5 Å². The van der Waals surface area contributed by atoms with E-state index < -0.39 is 0 Å². The highest BCUT2D eigenvalue weighted by Crippen LogP contribution is 2.18. The molecule has 1 atom stereocenters. The summed E-state index contributed by atoms with van der Waals surface area (Å²) in [6.45, 7) is 10.1. The highest BCUT2D eigenvalue weighted by molar-refractivity contribution is 5.80. The van der Waals surface area contributed by atoms with E-state index in [1.807, 2.05) is 19.3 Å². The van der Waals surface area contributed by atoms with Gasteiger partial charge in [-0.3, -0.25) is 14.9 Å². The van der Waals surface area contributed by atoms with E-state index in [0.717, 1.165) is 63.5 Å². The van der Waals surface area contributed by atoms with Crippen LogP contribution in [0.15, 0.2) is 23.3 Å². The number of hydrogen-bond acceptors (Lipinski definition) is 4. The molecule has 0 aliphatic carbocycles. The van der Waals surface area contributed by atoms with Crippen molar-refractivity contribution in [2.45, 2.75) is 19.9 Å². The van der Waals surface area contributed by atoms with E-state index in [0.29, 0.717) is 0 Å². The third kappa shape index (κ3) is 4.45. The lowest BCUT2D eigenvalue weighted by molar-refractivity contribution is 0.0315. The molecule has 0 spiro atoms. The Balaban J connectivity index is 1.48. The molecule has 6 heteroatoms. The van der Waals surface area contributed by atoms with Gasteiger partial charge in [0, 0.05) is 46.0 Å². The Morgan fingerprint density at radius 3 is 2.96 bits per heavy atom. The minimum absolute atomic E-state index is 0.721. The molecule has 132 valence electrons. The summed E-state index contributed by atoms with van der Waals surface area (Å²) < 4.78 is 5.44. The summed E-state index contributed by atoms with van der Waals surface area (Å²) in [6, 6.07) is 4.07. The lowest BCUT2D eigenvalue weighted by atomic mass is 10.1. The second kappa shape index (κ2) is 8.44. The van der Waals surface area contributed by atoms with E-state index >= 15 is 0 Å². The van der Waals surface area contributed by atoms with Gasteiger partial charge in [0.15, 0.2) is 5.96 Å². The van der Waals surface area contributed by atoms with Gasteiger partial charge < -0.3 is 15.0 Å². The Morgan fingerprint density at radius 2 is 2.21 bits per heavy atom.